The third-order valence-electron chi connectivity index (χ3n) is 2.97. The molecule has 1 atom stereocenters. The van der Waals surface area contributed by atoms with Gasteiger partial charge in [0.25, 0.3) is 0 Å². The Morgan fingerprint density at radius 2 is 2.11 bits per heavy atom. The number of halogens is 1. The Morgan fingerprint density at radius 3 is 2.72 bits per heavy atom. The molecule has 1 saturated heterocycles. The van der Waals surface area contributed by atoms with Crippen LogP contribution in [0.4, 0.5) is 0 Å². The average molecular weight is 311 g/mol. The topological polar surface area (TPSA) is 58.2 Å². The summed E-state index contributed by atoms with van der Waals surface area (Å²) in [6.07, 6.45) is 1.11. The molecular formula is C13H15BrN2O2. The molecule has 5 heteroatoms. The molecule has 2 N–H and O–H groups in total. The van der Waals surface area contributed by atoms with Gasteiger partial charge in [-0.25, -0.2) is 0 Å². The lowest BCUT2D eigenvalue weighted by molar-refractivity contribution is -0.126. The largest absolute Gasteiger partial charge is 0.355 e. The standard InChI is InChI=1S/C13H15BrN2O2/c14-11-3-1-9(2-4-11)5-6-15-13(18)10-7-12(17)16-8-10/h1-4,10H,5-8H2,(H,15,18)(H,16,17). The second kappa shape index (κ2) is 6.00. The van der Waals surface area contributed by atoms with Crippen LogP contribution < -0.4 is 10.6 Å². The summed E-state index contributed by atoms with van der Waals surface area (Å²) >= 11 is 3.38. The van der Waals surface area contributed by atoms with E-state index in [2.05, 4.69) is 26.6 Å². The summed E-state index contributed by atoms with van der Waals surface area (Å²) in [5.74, 6) is -0.282. The van der Waals surface area contributed by atoms with Crippen molar-refractivity contribution in [2.75, 3.05) is 13.1 Å². The summed E-state index contributed by atoms with van der Waals surface area (Å²) in [6.45, 7) is 1.06. The first-order valence-corrected chi connectivity index (χ1v) is 6.73. The molecule has 1 aromatic rings. The Hall–Kier alpha value is -1.36. The van der Waals surface area contributed by atoms with Crippen LogP contribution in [0.1, 0.15) is 12.0 Å². The van der Waals surface area contributed by atoms with Gasteiger partial charge >= 0.3 is 0 Å². The van der Waals surface area contributed by atoms with Crippen LogP contribution in [0.2, 0.25) is 0 Å². The van der Waals surface area contributed by atoms with E-state index in [0.29, 0.717) is 19.5 Å². The smallest absolute Gasteiger partial charge is 0.225 e. The highest BCUT2D eigenvalue weighted by molar-refractivity contribution is 9.10. The molecule has 0 spiro atoms. The maximum atomic E-state index is 11.7. The van der Waals surface area contributed by atoms with Crippen molar-refractivity contribution in [2.24, 2.45) is 5.92 Å². The Labute approximate surface area is 114 Å². The summed E-state index contributed by atoms with van der Waals surface area (Å²) in [4.78, 5) is 22.7. The van der Waals surface area contributed by atoms with Gasteiger partial charge in [0.2, 0.25) is 11.8 Å². The van der Waals surface area contributed by atoms with Crippen LogP contribution in [0.5, 0.6) is 0 Å². The maximum absolute atomic E-state index is 11.7. The van der Waals surface area contributed by atoms with Gasteiger partial charge in [0.15, 0.2) is 0 Å². The zero-order chi connectivity index (χ0) is 13.0. The van der Waals surface area contributed by atoms with Crippen LogP contribution in [-0.2, 0) is 16.0 Å². The van der Waals surface area contributed by atoms with Crippen LogP contribution in [0.3, 0.4) is 0 Å². The Morgan fingerprint density at radius 1 is 1.39 bits per heavy atom. The molecular weight excluding hydrogens is 296 g/mol. The summed E-state index contributed by atoms with van der Waals surface area (Å²) in [5, 5.41) is 5.53. The molecule has 1 aromatic carbocycles. The van der Waals surface area contributed by atoms with Gasteiger partial charge in [0.05, 0.1) is 5.92 Å². The van der Waals surface area contributed by atoms with E-state index in [1.807, 2.05) is 24.3 Å². The predicted octanol–water partition coefficient (Wildman–Crippen LogP) is 1.24. The van der Waals surface area contributed by atoms with Crippen LogP contribution in [-0.4, -0.2) is 24.9 Å². The number of hydrogen-bond acceptors (Lipinski definition) is 2. The summed E-state index contributed by atoms with van der Waals surface area (Å²) < 4.78 is 1.05. The molecule has 0 saturated carbocycles. The Kier molecular flexibility index (Phi) is 4.36. The molecule has 0 bridgehead atoms. The monoisotopic (exact) mass is 310 g/mol. The van der Waals surface area contributed by atoms with Crippen LogP contribution in [0.15, 0.2) is 28.7 Å². The Balaban J connectivity index is 1.73. The molecule has 18 heavy (non-hydrogen) atoms. The van der Waals surface area contributed by atoms with Gasteiger partial charge in [0.1, 0.15) is 0 Å². The highest BCUT2D eigenvalue weighted by Gasteiger charge is 2.27. The van der Waals surface area contributed by atoms with Gasteiger partial charge in [-0.05, 0) is 24.1 Å². The number of rotatable bonds is 4. The lowest BCUT2D eigenvalue weighted by Crippen LogP contribution is -2.33. The second-order valence-electron chi connectivity index (χ2n) is 4.37. The molecule has 96 valence electrons. The first-order valence-electron chi connectivity index (χ1n) is 5.94. The minimum Gasteiger partial charge on any atom is -0.355 e. The lowest BCUT2D eigenvalue weighted by atomic mass is 10.1. The van der Waals surface area contributed by atoms with E-state index in [1.165, 1.54) is 5.56 Å². The minimum atomic E-state index is -0.206. The molecule has 0 aliphatic carbocycles. The first kappa shape index (κ1) is 13.1. The van der Waals surface area contributed by atoms with Crippen molar-refractivity contribution in [3.05, 3.63) is 34.3 Å². The third kappa shape index (κ3) is 3.57. The number of amides is 2. The van der Waals surface area contributed by atoms with Crippen molar-refractivity contribution < 1.29 is 9.59 Å². The van der Waals surface area contributed by atoms with Crippen LogP contribution in [0, 0.1) is 5.92 Å². The van der Waals surface area contributed by atoms with Gasteiger partial charge in [-0.3, -0.25) is 9.59 Å². The maximum Gasteiger partial charge on any atom is 0.225 e. The fraction of sp³-hybridized carbons (Fsp3) is 0.385. The molecule has 0 aromatic heterocycles. The zero-order valence-corrected chi connectivity index (χ0v) is 11.5. The molecule has 4 nitrogen and oxygen atoms in total. The molecule has 2 amide bonds. The van der Waals surface area contributed by atoms with E-state index in [-0.39, 0.29) is 17.7 Å². The zero-order valence-electron chi connectivity index (χ0n) is 9.91. The average Bonchev–Trinajstić information content (AvgIpc) is 2.78. The van der Waals surface area contributed by atoms with E-state index < -0.39 is 0 Å². The van der Waals surface area contributed by atoms with Crippen molar-refractivity contribution >= 4 is 27.7 Å². The van der Waals surface area contributed by atoms with E-state index >= 15 is 0 Å². The molecule has 0 radical (unpaired) electrons. The van der Waals surface area contributed by atoms with Crippen molar-refractivity contribution in [3.8, 4) is 0 Å². The summed E-state index contributed by atoms with van der Waals surface area (Å²) in [6, 6.07) is 8.02. The van der Waals surface area contributed by atoms with Crippen molar-refractivity contribution in [1.29, 1.82) is 0 Å². The number of nitrogens with one attached hydrogen (secondary N) is 2. The predicted molar refractivity (Wildman–Crippen MR) is 72.0 cm³/mol. The normalized spacial score (nSPS) is 18.5. The van der Waals surface area contributed by atoms with Crippen molar-refractivity contribution in [1.82, 2.24) is 10.6 Å². The van der Waals surface area contributed by atoms with Crippen molar-refractivity contribution in [2.45, 2.75) is 12.8 Å². The van der Waals surface area contributed by atoms with E-state index in [9.17, 15) is 9.59 Å². The van der Waals surface area contributed by atoms with Crippen LogP contribution in [0.25, 0.3) is 0 Å². The third-order valence-corrected chi connectivity index (χ3v) is 3.50. The van der Waals surface area contributed by atoms with Crippen LogP contribution >= 0.6 is 15.9 Å². The SMILES string of the molecule is O=C1CC(C(=O)NCCc2ccc(Br)cc2)CN1. The number of benzene rings is 1. The molecule has 1 heterocycles. The summed E-state index contributed by atoms with van der Waals surface area (Å²) in [7, 11) is 0. The second-order valence-corrected chi connectivity index (χ2v) is 5.29. The molecule has 1 aliphatic rings. The fourth-order valence-corrected chi connectivity index (χ4v) is 2.18. The highest BCUT2D eigenvalue weighted by atomic mass is 79.9. The van der Waals surface area contributed by atoms with Gasteiger partial charge in [-0.2, -0.15) is 0 Å². The van der Waals surface area contributed by atoms with E-state index in [4.69, 9.17) is 0 Å². The van der Waals surface area contributed by atoms with Gasteiger partial charge in [-0.15, -0.1) is 0 Å². The Bertz CT molecular complexity index is 445. The first-order chi connectivity index (χ1) is 8.65. The number of carbonyl (C=O) groups is 2. The molecule has 1 aliphatic heterocycles. The molecule has 1 fully saturated rings. The fourth-order valence-electron chi connectivity index (χ4n) is 1.92. The van der Waals surface area contributed by atoms with Gasteiger partial charge < -0.3 is 10.6 Å². The quantitative estimate of drug-likeness (QED) is 0.879. The summed E-state index contributed by atoms with van der Waals surface area (Å²) in [5.41, 5.74) is 1.18. The lowest BCUT2D eigenvalue weighted by Gasteiger charge is -2.09. The van der Waals surface area contributed by atoms with Gasteiger partial charge in [-0.1, -0.05) is 28.1 Å². The van der Waals surface area contributed by atoms with Gasteiger partial charge in [0, 0.05) is 24.0 Å². The number of carbonyl (C=O) groups excluding carboxylic acids is 2. The minimum absolute atomic E-state index is 0.0366. The van der Waals surface area contributed by atoms with E-state index in [0.717, 1.165) is 10.9 Å². The molecule has 1 unspecified atom stereocenters. The number of hydrogen-bond donors (Lipinski definition) is 2. The van der Waals surface area contributed by atoms with Crippen molar-refractivity contribution in [3.63, 3.8) is 0 Å². The van der Waals surface area contributed by atoms with E-state index in [1.54, 1.807) is 0 Å². The molecule has 2 rings (SSSR count). The highest BCUT2D eigenvalue weighted by Crippen LogP contribution is 2.11.